The number of nitrogens with two attached hydrogens (primary N) is 1. The molecular formula is C84H95N11O29. The molecule has 1 saturated heterocycles. The fourth-order valence-electron chi connectivity index (χ4n) is 21.7. The molecule has 11 N–H and O–H groups in total. The minimum Gasteiger partial charge on any atom is -0.501 e. The number of nitrogens with zero attached hydrogens (tertiary/aromatic N) is 7. The summed E-state index contributed by atoms with van der Waals surface area (Å²) in [6.07, 6.45) is 18.3. The lowest BCUT2D eigenvalue weighted by Crippen LogP contribution is -2.65. The maximum Gasteiger partial charge on any atom is 0.333 e. The Bertz CT molecular complexity index is 5160. The van der Waals surface area contributed by atoms with Gasteiger partial charge in [-0.15, -0.1) is 5.06 Å². The molecule has 4 unspecified atom stereocenters. The van der Waals surface area contributed by atoms with Gasteiger partial charge in [0.25, 0.3) is 23.6 Å². The van der Waals surface area contributed by atoms with Crippen molar-refractivity contribution >= 4 is 58.6 Å². The third-order valence-electron chi connectivity index (χ3n) is 25.0. The monoisotopic (exact) mass is 1720 g/mol. The zero-order valence-electron chi connectivity index (χ0n) is 67.7. The Morgan fingerprint density at radius 3 is 0.952 bits per heavy atom. The molecular weight excluding hydrogens is 1630 g/mol. The summed E-state index contributed by atoms with van der Waals surface area (Å²) in [5.41, 5.74) is 13.9. The summed E-state index contributed by atoms with van der Waals surface area (Å²) in [4.78, 5) is 209. The van der Waals surface area contributed by atoms with Crippen molar-refractivity contribution in [3.05, 3.63) is 191 Å². The highest BCUT2D eigenvalue weighted by molar-refractivity contribution is 6.02. The van der Waals surface area contributed by atoms with Gasteiger partial charge in [0.15, 0.2) is 0 Å². The second-order valence-corrected chi connectivity index (χ2v) is 34.5. The van der Waals surface area contributed by atoms with Crippen molar-refractivity contribution in [2.75, 3.05) is 39.3 Å². The van der Waals surface area contributed by atoms with E-state index in [0.717, 1.165) is 80.4 Å². The first-order chi connectivity index (χ1) is 59.0. The van der Waals surface area contributed by atoms with Crippen molar-refractivity contribution < 1.29 is 110 Å². The maximum absolute atomic E-state index is 13.5. The molecule has 8 bridgehead atoms. The molecule has 0 spiro atoms. The molecule has 8 aliphatic carbocycles. The van der Waals surface area contributed by atoms with Gasteiger partial charge in [-0.2, -0.15) is 0 Å². The lowest BCUT2D eigenvalue weighted by atomic mass is 9.34. The summed E-state index contributed by atoms with van der Waals surface area (Å²) < 4.78 is 31.2. The van der Waals surface area contributed by atoms with Crippen molar-refractivity contribution in [2.24, 2.45) is 59.3 Å². The summed E-state index contributed by atoms with van der Waals surface area (Å²) >= 11 is 0. The molecule has 40 heteroatoms. The van der Waals surface area contributed by atoms with Crippen LogP contribution < -0.4 is 54.3 Å². The lowest BCUT2D eigenvalue weighted by Gasteiger charge is -2.71. The van der Waals surface area contributed by atoms with Crippen LogP contribution in [0.5, 0.6) is 34.5 Å². The second kappa shape index (κ2) is 38.5. The Morgan fingerprint density at radius 2 is 0.637 bits per heavy atom. The first-order valence-corrected chi connectivity index (χ1v) is 40.6. The Balaban J connectivity index is 0.000000203. The summed E-state index contributed by atoms with van der Waals surface area (Å²) in [6.45, 7) is 1.43. The number of aromatic hydroxyl groups is 6. The van der Waals surface area contributed by atoms with Gasteiger partial charge in [-0.1, -0.05) is 23.1 Å². The topological polar surface area (TPSA) is 645 Å². The van der Waals surface area contributed by atoms with Crippen LogP contribution in [0.15, 0.2) is 139 Å². The minimum absolute atomic E-state index is 0.0405. The molecule has 1 aliphatic heterocycles. The molecule has 8 saturated carbocycles. The molecule has 0 aromatic carbocycles. The highest BCUT2D eigenvalue weighted by Crippen LogP contribution is 2.77. The van der Waals surface area contributed by atoms with Crippen LogP contribution in [0, 0.1) is 43.3 Å². The average molecular weight is 1720 g/mol. The van der Waals surface area contributed by atoms with Crippen LogP contribution in [0.2, 0.25) is 0 Å². The van der Waals surface area contributed by atoms with Crippen molar-refractivity contribution in [3.8, 4) is 34.5 Å². The van der Waals surface area contributed by atoms with Crippen molar-refractivity contribution in [2.45, 2.75) is 193 Å². The van der Waals surface area contributed by atoms with Crippen LogP contribution in [0.3, 0.4) is 0 Å². The van der Waals surface area contributed by atoms with Gasteiger partial charge >= 0.3 is 5.97 Å². The maximum atomic E-state index is 13.5. The third kappa shape index (κ3) is 21.1. The number of hydrogen-bond donors (Lipinski definition) is 10. The molecule has 6 aromatic heterocycles. The quantitative estimate of drug-likeness (QED) is 0.00430. The molecule has 8 atom stereocenters. The zero-order chi connectivity index (χ0) is 89.6. The highest BCUT2D eigenvalue weighted by Gasteiger charge is 2.69. The number of hydroxylamine groups is 2. The first kappa shape index (κ1) is 91.5. The number of Topliss-reactive ketones (excluding diaryl/α,β-unsaturated/α-hetero) is 4. The van der Waals surface area contributed by atoms with Crippen LogP contribution in [0.1, 0.15) is 256 Å². The van der Waals surface area contributed by atoms with E-state index in [-0.39, 0.29) is 89.7 Å². The Morgan fingerprint density at radius 1 is 0.371 bits per heavy atom. The van der Waals surface area contributed by atoms with Crippen LogP contribution in [-0.4, -0.2) is 134 Å². The number of unbranched alkanes of at least 4 members (excludes halogenated alkanes) is 4. The fourth-order valence-corrected chi connectivity index (χ4v) is 21.7. The molecule has 7 heterocycles. The number of azide groups is 2. The van der Waals surface area contributed by atoms with Gasteiger partial charge in [0, 0.05) is 130 Å². The van der Waals surface area contributed by atoms with Crippen molar-refractivity contribution in [3.63, 3.8) is 0 Å². The van der Waals surface area contributed by atoms with E-state index in [4.69, 9.17) is 43.3 Å². The summed E-state index contributed by atoms with van der Waals surface area (Å²) in [7, 11) is 0. The molecule has 124 heavy (non-hydrogen) atoms. The van der Waals surface area contributed by atoms with Crippen LogP contribution in [0.4, 0.5) is 0 Å². The largest absolute Gasteiger partial charge is 0.501 e. The number of ketones is 4. The predicted molar refractivity (Wildman–Crippen MR) is 428 cm³/mol. The number of nitrogens with one attached hydrogen (secondary N) is 3. The zero-order valence-corrected chi connectivity index (χ0v) is 67.7. The van der Waals surface area contributed by atoms with E-state index in [2.05, 4.69) is 40.8 Å². The van der Waals surface area contributed by atoms with Gasteiger partial charge in [0.2, 0.25) is 131 Å². The fraction of sp³-hybridized carbons (Fsp3) is 0.524. The number of imide groups is 1. The summed E-state index contributed by atoms with van der Waals surface area (Å²) in [6, 6.07) is 5.99. The van der Waals surface area contributed by atoms with E-state index >= 15 is 0 Å². The first-order valence-electron chi connectivity index (χ1n) is 40.6. The summed E-state index contributed by atoms with van der Waals surface area (Å²) in [5.74, 6) is -13.2. The third-order valence-corrected chi connectivity index (χ3v) is 25.0. The predicted octanol–water partition coefficient (Wildman–Crippen LogP) is 9.50. The number of hydrogen-bond acceptors (Lipinski definition) is 32. The van der Waals surface area contributed by atoms with Gasteiger partial charge < -0.3 is 83.7 Å². The van der Waals surface area contributed by atoms with Gasteiger partial charge in [-0.25, -0.2) is 4.79 Å². The SMILES string of the molecule is NCC12CC3(CNC(=O)c4occc(=O)c4O)C[C@](CCC(=O)c4occc(=O)c4O)(C1)C[C@](CCC(=O)c1occc(=O)c1O)(C2)C3.[N-]=[N+]=NCCCCCC(=O)NCC12CC3(CNC(=O)c4occc(=O)c4O)C[C@](CCC(=O)c4occc(=O)c4O)(C1)C[C@](CCC(=O)c1occc(=O)c1O)(C2)C3.[N-]=[N+]=NCCCCCC(=O)ON1C(=O)CCC1=O. The average Bonchev–Trinajstić information content (AvgIpc) is 0.702. The minimum atomic E-state index is -0.848. The molecule has 9 aliphatic rings. The Hall–Kier alpha value is -13.2. The molecule has 9 fully saturated rings. The number of amides is 5. The van der Waals surface area contributed by atoms with E-state index in [9.17, 15) is 107 Å². The van der Waals surface area contributed by atoms with Crippen molar-refractivity contribution in [1.29, 1.82) is 0 Å². The summed E-state index contributed by atoms with van der Waals surface area (Å²) in [5, 5.41) is 77.8. The van der Waals surface area contributed by atoms with E-state index in [1.165, 1.54) is 0 Å². The van der Waals surface area contributed by atoms with E-state index in [1.54, 1.807) is 0 Å². The van der Waals surface area contributed by atoms with E-state index in [0.29, 0.717) is 147 Å². The number of rotatable bonds is 38. The molecule has 660 valence electrons. The smallest absolute Gasteiger partial charge is 0.333 e. The molecule has 40 nitrogen and oxygen atoms in total. The van der Waals surface area contributed by atoms with Gasteiger partial charge in [-0.3, -0.25) is 71.9 Å². The lowest BCUT2D eigenvalue weighted by molar-refractivity contribution is -0.202. The van der Waals surface area contributed by atoms with E-state index < -0.39 is 198 Å². The Kier molecular flexibility index (Phi) is 28.4. The second-order valence-electron chi connectivity index (χ2n) is 34.5. The highest BCUT2D eigenvalue weighted by atomic mass is 16.7. The Labute approximate surface area is 703 Å². The number of carbonyl (C=O) groups excluding carboxylic acids is 10. The van der Waals surface area contributed by atoms with Crippen LogP contribution in [0.25, 0.3) is 20.9 Å². The van der Waals surface area contributed by atoms with Crippen LogP contribution >= 0.6 is 0 Å². The van der Waals surface area contributed by atoms with Crippen LogP contribution in [-0.2, 0) is 24.0 Å². The molecule has 15 rings (SSSR count). The van der Waals surface area contributed by atoms with Gasteiger partial charge in [0.1, 0.15) is 0 Å². The number of carbonyl (C=O) groups is 10. The van der Waals surface area contributed by atoms with E-state index in [1.807, 2.05) is 0 Å². The normalized spacial score (nSPS) is 23.9. The standard InChI is InChI=1S/C40H45N5O13.C34H36N2O12.C10H14N4O4/c41-45-44-12-3-1-2-4-29(51)42-22-39-17-37(10-5-27(49)33-30(52)24(46)7-13-56-33)16-38(18-39,11-6-28(50)34-31(53)25(47)8-14-57-34)20-40(19-37,21-39)23-43-36(55)35-32(54)26(48)9-15-58-35;35-17-33-12-31(6-1-22(40)27-24(42)19(37)3-8-46-27)11-32(13-33,7-2-23(41)28-25(43)20(38)4-9-47-28)15-34(14-31,16-33)18-36-30(45)29-26(44)21(39)5-10-48-29;11-13-12-7-3-1-2-4-10(17)18-14-8(15)5-6-9(14)16/h7-9,13-15,52-54H,1-6,10-12,16-23H2,(H,42,51)(H,43,55);3-5,8-10,42-44H,1-2,6-7,11-18,35H2,(H,36,45);1-7H2/t37-,38+,39?,40?;31-,32+,33?,34?;. The van der Waals surface area contributed by atoms with Gasteiger partial charge in [0.05, 0.1) is 37.6 Å². The molecule has 5 amide bonds. The molecule has 0 radical (unpaired) electrons. The van der Waals surface area contributed by atoms with Gasteiger partial charge in [-0.05, 0) is 189 Å². The van der Waals surface area contributed by atoms with Crippen molar-refractivity contribution in [1.82, 2.24) is 21.0 Å². The molecule has 6 aromatic rings.